The van der Waals surface area contributed by atoms with Crippen molar-refractivity contribution in [2.24, 2.45) is 0 Å². The molecule has 22 heavy (non-hydrogen) atoms. The molecule has 1 aromatic carbocycles. The summed E-state index contributed by atoms with van der Waals surface area (Å²) in [5.41, 5.74) is 1.88. The summed E-state index contributed by atoms with van der Waals surface area (Å²) in [6.45, 7) is 2.59. The highest BCUT2D eigenvalue weighted by molar-refractivity contribution is 9.10. The smallest absolute Gasteiger partial charge is 0.330 e. The fraction of sp³-hybridized carbons (Fsp3) is 0.176. The first-order valence-corrected chi connectivity index (χ1v) is 7.64. The van der Waals surface area contributed by atoms with Gasteiger partial charge in [0.1, 0.15) is 12.4 Å². The largest absolute Gasteiger partial charge is 0.488 e. The lowest BCUT2D eigenvalue weighted by Gasteiger charge is -2.08. The van der Waals surface area contributed by atoms with Crippen molar-refractivity contribution in [3.63, 3.8) is 0 Å². The number of hydrogen-bond acceptors (Lipinski definition) is 4. The van der Waals surface area contributed by atoms with Crippen molar-refractivity contribution in [3.8, 4) is 5.75 Å². The molecule has 2 rings (SSSR count). The summed E-state index contributed by atoms with van der Waals surface area (Å²) in [4.78, 5) is 15.3. The Labute approximate surface area is 137 Å². The Balaban J connectivity index is 1.99. The van der Waals surface area contributed by atoms with Crippen molar-refractivity contribution < 1.29 is 14.3 Å². The summed E-state index contributed by atoms with van der Waals surface area (Å²) >= 11 is 3.47. The van der Waals surface area contributed by atoms with E-state index in [-0.39, 0.29) is 5.97 Å². The molecule has 4 nitrogen and oxygen atoms in total. The van der Waals surface area contributed by atoms with Crippen molar-refractivity contribution in [1.82, 2.24) is 4.98 Å². The van der Waals surface area contributed by atoms with Crippen molar-refractivity contribution in [2.75, 3.05) is 6.61 Å². The zero-order valence-corrected chi connectivity index (χ0v) is 13.7. The molecule has 0 saturated carbocycles. The monoisotopic (exact) mass is 361 g/mol. The van der Waals surface area contributed by atoms with Crippen molar-refractivity contribution >= 4 is 28.0 Å². The summed E-state index contributed by atoms with van der Waals surface area (Å²) in [6.07, 6.45) is 6.60. The number of hydrogen-bond donors (Lipinski definition) is 0. The average molecular weight is 362 g/mol. The predicted molar refractivity (Wildman–Crippen MR) is 88.4 cm³/mol. The van der Waals surface area contributed by atoms with E-state index in [0.29, 0.717) is 13.2 Å². The Hall–Kier alpha value is -2.14. The Kier molecular flexibility index (Phi) is 6.15. The van der Waals surface area contributed by atoms with Crippen LogP contribution in [-0.4, -0.2) is 17.6 Å². The molecular weight excluding hydrogens is 346 g/mol. The number of nitrogens with zero attached hydrogens (tertiary/aromatic N) is 1. The lowest BCUT2D eigenvalue weighted by molar-refractivity contribution is -0.137. The van der Waals surface area contributed by atoms with E-state index in [9.17, 15) is 4.79 Å². The fourth-order valence-corrected chi connectivity index (χ4v) is 2.25. The molecular formula is C17H16BrNO3. The number of carbonyl (C=O) groups is 1. The summed E-state index contributed by atoms with van der Waals surface area (Å²) in [7, 11) is 0. The van der Waals surface area contributed by atoms with E-state index < -0.39 is 0 Å². The molecule has 0 aliphatic carbocycles. The molecule has 0 aliphatic heterocycles. The first-order valence-electron chi connectivity index (χ1n) is 6.85. The van der Waals surface area contributed by atoms with E-state index in [1.54, 1.807) is 25.4 Å². The van der Waals surface area contributed by atoms with E-state index in [2.05, 4.69) is 20.9 Å². The van der Waals surface area contributed by atoms with Crippen LogP contribution in [0.5, 0.6) is 5.75 Å². The molecule has 0 bridgehead atoms. The summed E-state index contributed by atoms with van der Waals surface area (Å²) in [6, 6.07) is 9.44. The van der Waals surface area contributed by atoms with Gasteiger partial charge in [-0.15, -0.1) is 0 Å². The van der Waals surface area contributed by atoms with Gasteiger partial charge in [-0.05, 0) is 52.7 Å². The third-order valence-corrected chi connectivity index (χ3v) is 3.39. The molecule has 1 aromatic heterocycles. The topological polar surface area (TPSA) is 48.4 Å². The molecule has 0 atom stereocenters. The van der Waals surface area contributed by atoms with Crippen molar-refractivity contribution in [2.45, 2.75) is 13.5 Å². The summed E-state index contributed by atoms with van der Waals surface area (Å²) in [5.74, 6) is 0.382. The third-order valence-electron chi connectivity index (χ3n) is 2.77. The lowest BCUT2D eigenvalue weighted by atomic mass is 10.2. The van der Waals surface area contributed by atoms with Crippen molar-refractivity contribution in [1.29, 1.82) is 0 Å². The van der Waals surface area contributed by atoms with E-state index in [1.807, 2.05) is 30.3 Å². The highest BCUT2D eigenvalue weighted by Gasteiger charge is 2.03. The van der Waals surface area contributed by atoms with E-state index in [1.165, 1.54) is 6.08 Å². The molecule has 0 spiro atoms. The molecule has 0 aliphatic rings. The Bertz CT molecular complexity index is 656. The maximum atomic E-state index is 11.3. The van der Waals surface area contributed by atoms with Crippen LogP contribution in [0, 0.1) is 0 Å². The van der Waals surface area contributed by atoms with Gasteiger partial charge in [-0.3, -0.25) is 4.98 Å². The molecule has 1 heterocycles. The van der Waals surface area contributed by atoms with Gasteiger partial charge in [0.15, 0.2) is 0 Å². The average Bonchev–Trinajstić information content (AvgIpc) is 2.53. The molecule has 5 heteroatoms. The van der Waals surface area contributed by atoms with Gasteiger partial charge in [0.05, 0.1) is 11.1 Å². The number of benzene rings is 1. The quantitative estimate of drug-likeness (QED) is 0.576. The second-order valence-corrected chi connectivity index (χ2v) is 5.28. The van der Waals surface area contributed by atoms with Gasteiger partial charge in [0.2, 0.25) is 0 Å². The summed E-state index contributed by atoms with van der Waals surface area (Å²) < 4.78 is 11.4. The van der Waals surface area contributed by atoms with Gasteiger partial charge in [-0.25, -0.2) is 4.79 Å². The number of rotatable bonds is 6. The van der Waals surface area contributed by atoms with Gasteiger partial charge < -0.3 is 9.47 Å². The molecule has 0 unspecified atom stereocenters. The number of halogens is 1. The minimum absolute atomic E-state index is 0.351. The standard InChI is InChI=1S/C17H16BrNO3/c1-2-21-17(20)8-6-13-5-7-16(15(18)10-13)22-12-14-4-3-9-19-11-14/h3-11H,2,12H2,1H3/b8-6+. The van der Waals surface area contributed by atoms with Crippen LogP contribution in [0.25, 0.3) is 6.08 Å². The maximum Gasteiger partial charge on any atom is 0.330 e. The second-order valence-electron chi connectivity index (χ2n) is 4.43. The normalized spacial score (nSPS) is 10.6. The Morgan fingerprint density at radius 2 is 2.23 bits per heavy atom. The van der Waals surface area contributed by atoms with E-state index in [0.717, 1.165) is 21.3 Å². The SMILES string of the molecule is CCOC(=O)/C=C/c1ccc(OCc2cccnc2)c(Br)c1. The third kappa shape index (κ3) is 5.00. The van der Waals surface area contributed by atoms with E-state index in [4.69, 9.17) is 9.47 Å². The van der Waals surface area contributed by atoms with Crippen LogP contribution < -0.4 is 4.74 Å². The minimum Gasteiger partial charge on any atom is -0.488 e. The Morgan fingerprint density at radius 3 is 2.91 bits per heavy atom. The van der Waals surface area contributed by atoms with E-state index >= 15 is 0 Å². The van der Waals surface area contributed by atoms with Gasteiger partial charge in [-0.2, -0.15) is 0 Å². The molecule has 2 aromatic rings. The predicted octanol–water partition coefficient (Wildman–Crippen LogP) is 4.00. The van der Waals surface area contributed by atoms with Crippen LogP contribution in [0.15, 0.2) is 53.3 Å². The molecule has 0 saturated heterocycles. The molecule has 0 fully saturated rings. The highest BCUT2D eigenvalue weighted by Crippen LogP contribution is 2.27. The maximum absolute atomic E-state index is 11.3. The second kappa shape index (κ2) is 8.34. The van der Waals surface area contributed by atoms with Crippen LogP contribution in [0.3, 0.4) is 0 Å². The van der Waals surface area contributed by atoms with Gasteiger partial charge in [0.25, 0.3) is 0 Å². The van der Waals surface area contributed by atoms with Gasteiger partial charge in [-0.1, -0.05) is 12.1 Å². The molecule has 114 valence electrons. The highest BCUT2D eigenvalue weighted by atomic mass is 79.9. The fourth-order valence-electron chi connectivity index (χ4n) is 1.74. The molecule has 0 amide bonds. The zero-order valence-electron chi connectivity index (χ0n) is 12.2. The van der Waals surface area contributed by atoms with Gasteiger partial charge in [0, 0.05) is 24.0 Å². The van der Waals surface area contributed by atoms with Crippen LogP contribution in [-0.2, 0) is 16.1 Å². The lowest BCUT2D eigenvalue weighted by Crippen LogP contribution is -1.98. The first kappa shape index (κ1) is 16.2. The minimum atomic E-state index is -0.351. The van der Waals surface area contributed by atoms with Crippen LogP contribution in [0.4, 0.5) is 0 Å². The number of aromatic nitrogens is 1. The number of pyridine rings is 1. The van der Waals surface area contributed by atoms with Crippen LogP contribution in [0.1, 0.15) is 18.1 Å². The zero-order chi connectivity index (χ0) is 15.8. The number of carbonyl (C=O) groups excluding carboxylic acids is 1. The van der Waals surface area contributed by atoms with Crippen molar-refractivity contribution in [3.05, 3.63) is 64.4 Å². The molecule has 0 N–H and O–H groups in total. The number of ether oxygens (including phenoxy) is 2. The first-order chi connectivity index (χ1) is 10.7. The molecule has 0 radical (unpaired) electrons. The van der Waals surface area contributed by atoms with Crippen LogP contribution in [0.2, 0.25) is 0 Å². The Morgan fingerprint density at radius 1 is 1.36 bits per heavy atom. The number of esters is 1. The van der Waals surface area contributed by atoms with Gasteiger partial charge >= 0.3 is 5.97 Å². The summed E-state index contributed by atoms with van der Waals surface area (Å²) in [5, 5.41) is 0. The van der Waals surface area contributed by atoms with Crippen LogP contribution >= 0.6 is 15.9 Å².